The molecular formula is C13H19ClN2O2S. The van der Waals surface area contributed by atoms with Crippen molar-refractivity contribution in [3.05, 3.63) is 29.3 Å². The van der Waals surface area contributed by atoms with Gasteiger partial charge < -0.3 is 5.32 Å². The molecule has 1 fully saturated rings. The maximum atomic E-state index is 12.5. The van der Waals surface area contributed by atoms with Crippen LogP contribution < -0.4 is 5.32 Å². The number of hydrogen-bond acceptors (Lipinski definition) is 3. The van der Waals surface area contributed by atoms with Gasteiger partial charge in [-0.15, -0.1) is 12.4 Å². The van der Waals surface area contributed by atoms with Gasteiger partial charge in [0.2, 0.25) is 10.0 Å². The van der Waals surface area contributed by atoms with Crippen molar-refractivity contribution in [3.63, 3.8) is 0 Å². The Morgan fingerprint density at radius 2 is 1.74 bits per heavy atom. The van der Waals surface area contributed by atoms with Crippen LogP contribution >= 0.6 is 12.4 Å². The van der Waals surface area contributed by atoms with E-state index in [1.165, 1.54) is 11.1 Å². The van der Waals surface area contributed by atoms with Gasteiger partial charge in [0.1, 0.15) is 0 Å². The zero-order chi connectivity index (χ0) is 12.6. The van der Waals surface area contributed by atoms with Crippen LogP contribution in [0.3, 0.4) is 0 Å². The topological polar surface area (TPSA) is 49.4 Å². The van der Waals surface area contributed by atoms with Crippen molar-refractivity contribution >= 4 is 22.4 Å². The fourth-order valence-electron chi connectivity index (χ4n) is 2.74. The van der Waals surface area contributed by atoms with Gasteiger partial charge in [0.15, 0.2) is 0 Å². The molecular weight excluding hydrogens is 284 g/mol. The highest BCUT2D eigenvalue weighted by Gasteiger charge is 2.26. The summed E-state index contributed by atoms with van der Waals surface area (Å²) < 4.78 is 26.6. The van der Waals surface area contributed by atoms with E-state index in [4.69, 9.17) is 0 Å². The SMILES string of the molecule is Cl.O=S(=O)(c1ccc2c(c1)CCC2)N1CCNCC1. The maximum Gasteiger partial charge on any atom is 0.243 e. The number of nitrogens with one attached hydrogen (secondary N) is 1. The lowest BCUT2D eigenvalue weighted by atomic mass is 10.1. The van der Waals surface area contributed by atoms with Gasteiger partial charge in [-0.1, -0.05) is 6.07 Å². The number of nitrogens with zero attached hydrogens (tertiary/aromatic N) is 1. The minimum atomic E-state index is -3.29. The van der Waals surface area contributed by atoms with Crippen LogP contribution in [0.2, 0.25) is 0 Å². The van der Waals surface area contributed by atoms with Crippen molar-refractivity contribution in [1.29, 1.82) is 0 Å². The predicted octanol–water partition coefficient (Wildman–Crippen LogP) is 1.19. The third-order valence-corrected chi connectivity index (χ3v) is 5.68. The zero-order valence-corrected chi connectivity index (χ0v) is 12.4. The number of sulfonamides is 1. The molecule has 1 aromatic rings. The van der Waals surface area contributed by atoms with E-state index in [1.54, 1.807) is 10.4 Å². The lowest BCUT2D eigenvalue weighted by Gasteiger charge is -2.26. The van der Waals surface area contributed by atoms with Crippen molar-refractivity contribution in [2.75, 3.05) is 26.2 Å². The first-order chi connectivity index (χ1) is 8.68. The summed E-state index contributed by atoms with van der Waals surface area (Å²) in [4.78, 5) is 0.463. The lowest BCUT2D eigenvalue weighted by molar-refractivity contribution is 0.360. The minimum Gasteiger partial charge on any atom is -0.314 e. The summed E-state index contributed by atoms with van der Waals surface area (Å²) in [5.41, 5.74) is 2.53. The Hall–Kier alpha value is -0.620. The molecule has 1 aromatic carbocycles. The summed E-state index contributed by atoms with van der Waals surface area (Å²) >= 11 is 0. The molecule has 1 heterocycles. The molecule has 0 saturated carbocycles. The molecule has 0 spiro atoms. The van der Waals surface area contributed by atoms with E-state index in [0.717, 1.165) is 32.4 Å². The zero-order valence-electron chi connectivity index (χ0n) is 10.8. The van der Waals surface area contributed by atoms with E-state index >= 15 is 0 Å². The molecule has 106 valence electrons. The van der Waals surface area contributed by atoms with Crippen molar-refractivity contribution in [2.45, 2.75) is 24.2 Å². The largest absolute Gasteiger partial charge is 0.314 e. The number of rotatable bonds is 2. The fourth-order valence-corrected chi connectivity index (χ4v) is 4.24. The van der Waals surface area contributed by atoms with Crippen molar-refractivity contribution in [1.82, 2.24) is 9.62 Å². The van der Waals surface area contributed by atoms with Crippen molar-refractivity contribution < 1.29 is 8.42 Å². The van der Waals surface area contributed by atoms with Crippen LogP contribution in [0.5, 0.6) is 0 Å². The van der Waals surface area contributed by atoms with Gasteiger partial charge in [0.25, 0.3) is 0 Å². The number of benzene rings is 1. The Balaban J connectivity index is 0.00000133. The highest BCUT2D eigenvalue weighted by molar-refractivity contribution is 7.89. The first-order valence-electron chi connectivity index (χ1n) is 6.50. The molecule has 0 unspecified atom stereocenters. The summed E-state index contributed by atoms with van der Waals surface area (Å²) in [6, 6.07) is 5.62. The molecule has 2 aliphatic rings. The minimum absolute atomic E-state index is 0. The van der Waals surface area contributed by atoms with Gasteiger partial charge >= 0.3 is 0 Å². The van der Waals surface area contributed by atoms with Gasteiger partial charge in [-0.25, -0.2) is 8.42 Å². The first-order valence-corrected chi connectivity index (χ1v) is 7.94. The molecule has 1 aliphatic carbocycles. The Bertz CT molecular complexity index is 554. The van der Waals surface area contributed by atoms with Gasteiger partial charge in [-0.05, 0) is 42.5 Å². The van der Waals surface area contributed by atoms with Gasteiger partial charge in [0.05, 0.1) is 4.90 Å². The van der Waals surface area contributed by atoms with Crippen LogP contribution in [0.4, 0.5) is 0 Å². The summed E-state index contributed by atoms with van der Waals surface area (Å²) in [5, 5.41) is 3.17. The highest BCUT2D eigenvalue weighted by atomic mass is 35.5. The number of halogens is 1. The molecule has 4 nitrogen and oxygen atoms in total. The first kappa shape index (κ1) is 14.8. The molecule has 0 radical (unpaired) electrons. The highest BCUT2D eigenvalue weighted by Crippen LogP contribution is 2.26. The van der Waals surface area contributed by atoms with Crippen molar-refractivity contribution in [3.8, 4) is 0 Å². The second-order valence-electron chi connectivity index (χ2n) is 4.94. The summed E-state index contributed by atoms with van der Waals surface area (Å²) in [6.45, 7) is 2.62. The molecule has 0 amide bonds. The second-order valence-corrected chi connectivity index (χ2v) is 6.88. The molecule has 1 aliphatic heterocycles. The number of fused-ring (bicyclic) bond motifs is 1. The van der Waals surface area contributed by atoms with E-state index < -0.39 is 10.0 Å². The third kappa shape index (κ3) is 2.79. The molecule has 1 N–H and O–H groups in total. The smallest absolute Gasteiger partial charge is 0.243 e. The Kier molecular flexibility index (Phi) is 4.50. The average Bonchev–Trinajstić information content (AvgIpc) is 2.87. The molecule has 0 aromatic heterocycles. The number of hydrogen-bond donors (Lipinski definition) is 1. The van der Waals surface area contributed by atoms with Crippen LogP contribution in [0.15, 0.2) is 23.1 Å². The standard InChI is InChI=1S/C13H18N2O2S.ClH/c16-18(17,15-8-6-14-7-9-15)13-5-4-11-2-1-3-12(11)10-13;/h4-5,10,14H,1-3,6-9H2;1H. The predicted molar refractivity (Wildman–Crippen MR) is 77.3 cm³/mol. The van der Waals surface area contributed by atoms with E-state index in [1.807, 2.05) is 12.1 Å². The van der Waals surface area contributed by atoms with Gasteiger partial charge in [-0.3, -0.25) is 0 Å². The summed E-state index contributed by atoms with van der Waals surface area (Å²) in [5.74, 6) is 0. The number of aryl methyl sites for hydroxylation is 2. The van der Waals surface area contributed by atoms with E-state index in [-0.39, 0.29) is 12.4 Å². The second kappa shape index (κ2) is 5.79. The Labute approximate surface area is 120 Å². The van der Waals surface area contributed by atoms with Gasteiger partial charge in [-0.2, -0.15) is 4.31 Å². The normalized spacial score (nSPS) is 19.8. The molecule has 6 heteroatoms. The van der Waals surface area contributed by atoms with Crippen LogP contribution in [0.1, 0.15) is 17.5 Å². The summed E-state index contributed by atoms with van der Waals surface area (Å²) in [7, 11) is -3.29. The Morgan fingerprint density at radius 3 is 2.47 bits per heavy atom. The van der Waals surface area contributed by atoms with E-state index in [0.29, 0.717) is 18.0 Å². The third-order valence-electron chi connectivity index (χ3n) is 3.78. The monoisotopic (exact) mass is 302 g/mol. The molecule has 19 heavy (non-hydrogen) atoms. The van der Waals surface area contributed by atoms with E-state index in [2.05, 4.69) is 5.32 Å². The molecule has 0 bridgehead atoms. The Morgan fingerprint density at radius 1 is 1.05 bits per heavy atom. The maximum absolute atomic E-state index is 12.5. The fraction of sp³-hybridized carbons (Fsp3) is 0.538. The molecule has 3 rings (SSSR count). The van der Waals surface area contributed by atoms with Crippen LogP contribution in [-0.2, 0) is 22.9 Å². The van der Waals surface area contributed by atoms with E-state index in [9.17, 15) is 8.42 Å². The van der Waals surface area contributed by atoms with Crippen LogP contribution in [0, 0.1) is 0 Å². The lowest BCUT2D eigenvalue weighted by Crippen LogP contribution is -2.46. The quantitative estimate of drug-likeness (QED) is 0.893. The number of piperazine rings is 1. The van der Waals surface area contributed by atoms with Crippen molar-refractivity contribution in [2.24, 2.45) is 0 Å². The van der Waals surface area contributed by atoms with Gasteiger partial charge in [0, 0.05) is 26.2 Å². The molecule has 1 saturated heterocycles. The summed E-state index contributed by atoms with van der Waals surface area (Å²) in [6.07, 6.45) is 3.25. The molecule has 0 atom stereocenters. The van der Waals surface area contributed by atoms with Crippen LogP contribution in [-0.4, -0.2) is 38.9 Å². The van der Waals surface area contributed by atoms with Crippen LogP contribution in [0.25, 0.3) is 0 Å². The average molecular weight is 303 g/mol.